The van der Waals surface area contributed by atoms with Crippen molar-refractivity contribution in [2.75, 3.05) is 0 Å². The van der Waals surface area contributed by atoms with Gasteiger partial charge in [0.15, 0.2) is 0 Å². The number of rotatable bonds is 3. The highest BCUT2D eigenvalue weighted by molar-refractivity contribution is 7.46. The number of phosphoric acid groups is 1. The molecule has 4 nitrogen and oxygen atoms in total. The Morgan fingerprint density at radius 1 is 1.12 bits per heavy atom. The lowest BCUT2D eigenvalue weighted by Gasteiger charge is -2.26. The molecule has 0 saturated heterocycles. The van der Waals surface area contributed by atoms with Gasteiger partial charge in [-0.15, -0.1) is 13.2 Å². The van der Waals surface area contributed by atoms with Crippen LogP contribution in [0.5, 0.6) is 0 Å². The van der Waals surface area contributed by atoms with E-state index in [0.29, 0.717) is 0 Å². The molecule has 0 rings (SSSR count). The molecule has 0 spiro atoms. The van der Waals surface area contributed by atoms with E-state index in [1.807, 2.05) is 0 Å². The Hall–Kier alpha value is -0.570. The summed E-state index contributed by atoms with van der Waals surface area (Å²) < 4.78 is 82.3. The molecule has 1 unspecified atom stereocenters. The monoisotopic (exact) mass is 276 g/mol. The molecular formula is C5H7F6O4P. The van der Waals surface area contributed by atoms with E-state index in [-0.39, 0.29) is 0 Å². The van der Waals surface area contributed by atoms with Gasteiger partial charge < -0.3 is 9.79 Å². The number of halogens is 6. The zero-order valence-corrected chi connectivity index (χ0v) is 8.31. The van der Waals surface area contributed by atoms with Gasteiger partial charge in [0.1, 0.15) is 0 Å². The van der Waals surface area contributed by atoms with Gasteiger partial charge in [-0.1, -0.05) is 0 Å². The van der Waals surface area contributed by atoms with E-state index in [2.05, 4.69) is 17.7 Å². The van der Waals surface area contributed by atoms with Crippen molar-refractivity contribution in [2.45, 2.75) is 18.5 Å². The number of hydrogen-bond acceptors (Lipinski definition) is 2. The Balaban J connectivity index is 0. The van der Waals surface area contributed by atoms with Crippen molar-refractivity contribution in [3.05, 3.63) is 13.2 Å². The second-order valence-electron chi connectivity index (χ2n) is 2.03. The molecule has 0 heterocycles. The van der Waals surface area contributed by atoms with Crippen molar-refractivity contribution < 1.29 is 45.2 Å². The first-order valence-corrected chi connectivity index (χ1v) is 4.73. The molecule has 0 aliphatic rings. The van der Waals surface area contributed by atoms with Crippen LogP contribution in [-0.4, -0.2) is 28.2 Å². The Labute approximate surface area is 85.8 Å². The molecule has 2 N–H and O–H groups in total. The maximum Gasteiger partial charge on any atom is 0.472 e. The van der Waals surface area contributed by atoms with Gasteiger partial charge in [0.25, 0.3) is 0 Å². The standard InChI is InChI=1S/C3H3F6O4P.C2H4/c4-1(5)2(6,3(7,8)9)13-14(10,11)12;1-2/h1H,(H2,10,11,12);1-2H2. The summed E-state index contributed by atoms with van der Waals surface area (Å²) in [6.45, 7) is 6.00. The highest BCUT2D eigenvalue weighted by atomic mass is 31.2. The number of phosphoric ester groups is 1. The Bertz CT molecular complexity index is 262. The molecule has 0 aliphatic heterocycles. The number of alkyl halides is 6. The lowest BCUT2D eigenvalue weighted by molar-refractivity contribution is -0.344. The summed E-state index contributed by atoms with van der Waals surface area (Å²) in [5, 5.41) is 0. The fourth-order valence-electron chi connectivity index (χ4n) is 0.388. The maximum absolute atomic E-state index is 12.3. The molecule has 0 aromatic heterocycles. The summed E-state index contributed by atoms with van der Waals surface area (Å²) >= 11 is 0. The number of hydrogen-bond donors (Lipinski definition) is 2. The van der Waals surface area contributed by atoms with Crippen molar-refractivity contribution in [3.8, 4) is 0 Å². The third-order valence-electron chi connectivity index (χ3n) is 0.919. The van der Waals surface area contributed by atoms with E-state index < -0.39 is 26.3 Å². The second kappa shape index (κ2) is 5.67. The summed E-state index contributed by atoms with van der Waals surface area (Å²) in [4.78, 5) is 15.6. The minimum atomic E-state index is -6.25. The molecule has 0 saturated carbocycles. The summed E-state index contributed by atoms with van der Waals surface area (Å²) in [6.07, 6.45) is -11.0. The van der Waals surface area contributed by atoms with Crippen molar-refractivity contribution in [2.24, 2.45) is 0 Å². The van der Waals surface area contributed by atoms with E-state index in [1.54, 1.807) is 0 Å². The van der Waals surface area contributed by atoms with E-state index >= 15 is 0 Å². The van der Waals surface area contributed by atoms with Gasteiger partial charge in [-0.25, -0.2) is 17.9 Å². The minimum absolute atomic E-state index is 2.38. The minimum Gasteiger partial charge on any atom is -0.303 e. The molecule has 1 atom stereocenters. The molecule has 0 amide bonds. The molecule has 0 radical (unpaired) electrons. The van der Waals surface area contributed by atoms with Crippen LogP contribution in [-0.2, 0) is 9.09 Å². The molecule has 11 heteroatoms. The molecular weight excluding hydrogens is 269 g/mol. The first kappa shape index (κ1) is 17.8. The van der Waals surface area contributed by atoms with Gasteiger partial charge >= 0.3 is 26.3 Å². The van der Waals surface area contributed by atoms with Crippen molar-refractivity contribution in [3.63, 3.8) is 0 Å². The molecule has 98 valence electrons. The third-order valence-corrected chi connectivity index (χ3v) is 1.42. The predicted molar refractivity (Wildman–Crippen MR) is 40.3 cm³/mol. The maximum atomic E-state index is 12.3. The molecule has 0 aromatic rings. The average molecular weight is 276 g/mol. The summed E-state index contributed by atoms with van der Waals surface area (Å²) in [7, 11) is -6.01. The Kier molecular flexibility index (Phi) is 6.31. The highest BCUT2D eigenvalue weighted by Crippen LogP contribution is 2.50. The first-order valence-electron chi connectivity index (χ1n) is 3.20. The van der Waals surface area contributed by atoms with Crippen LogP contribution in [0.25, 0.3) is 0 Å². The van der Waals surface area contributed by atoms with Crippen LogP contribution in [0.3, 0.4) is 0 Å². The molecule has 0 fully saturated rings. The summed E-state index contributed by atoms with van der Waals surface area (Å²) in [6, 6.07) is 0. The summed E-state index contributed by atoms with van der Waals surface area (Å²) in [5.74, 6) is -5.67. The van der Waals surface area contributed by atoms with Crippen molar-refractivity contribution in [1.29, 1.82) is 0 Å². The van der Waals surface area contributed by atoms with E-state index in [1.165, 1.54) is 0 Å². The highest BCUT2D eigenvalue weighted by Gasteiger charge is 2.67. The smallest absolute Gasteiger partial charge is 0.303 e. The fourth-order valence-corrected chi connectivity index (χ4v) is 0.918. The van der Waals surface area contributed by atoms with Crippen molar-refractivity contribution >= 4 is 7.82 Å². The zero-order chi connectivity index (χ0) is 13.8. The van der Waals surface area contributed by atoms with Crippen LogP contribution in [0.15, 0.2) is 13.2 Å². The molecule has 0 aromatic carbocycles. The quantitative estimate of drug-likeness (QED) is 0.472. The van der Waals surface area contributed by atoms with Gasteiger partial charge in [0, 0.05) is 0 Å². The molecule has 0 bridgehead atoms. The average Bonchev–Trinajstić information content (AvgIpc) is 2.02. The van der Waals surface area contributed by atoms with Crippen molar-refractivity contribution in [1.82, 2.24) is 0 Å². The topological polar surface area (TPSA) is 66.8 Å². The van der Waals surface area contributed by atoms with E-state index in [0.717, 1.165) is 0 Å². The van der Waals surface area contributed by atoms with Crippen LogP contribution in [0.2, 0.25) is 0 Å². The van der Waals surface area contributed by atoms with E-state index in [9.17, 15) is 30.9 Å². The third kappa shape index (κ3) is 4.97. The lowest BCUT2D eigenvalue weighted by Crippen LogP contribution is -2.48. The van der Waals surface area contributed by atoms with Gasteiger partial charge in [0.2, 0.25) is 0 Å². The van der Waals surface area contributed by atoms with Gasteiger partial charge in [-0.05, 0) is 0 Å². The van der Waals surface area contributed by atoms with Crippen LogP contribution in [0.4, 0.5) is 26.3 Å². The largest absolute Gasteiger partial charge is 0.472 e. The SMILES string of the molecule is C=C.O=P(O)(O)OC(F)(C(F)F)C(F)(F)F. The van der Waals surface area contributed by atoms with Crippen LogP contribution < -0.4 is 0 Å². The van der Waals surface area contributed by atoms with Crippen LogP contribution in [0, 0.1) is 0 Å². The summed E-state index contributed by atoms with van der Waals surface area (Å²) in [5.41, 5.74) is 0. The second-order valence-corrected chi connectivity index (χ2v) is 3.19. The Morgan fingerprint density at radius 3 is 1.50 bits per heavy atom. The predicted octanol–water partition coefficient (Wildman–Crippen LogP) is 2.39. The van der Waals surface area contributed by atoms with Gasteiger partial charge in [-0.2, -0.15) is 17.6 Å². The lowest BCUT2D eigenvalue weighted by atomic mass is 10.3. The Morgan fingerprint density at radius 2 is 1.44 bits per heavy atom. The van der Waals surface area contributed by atoms with Gasteiger partial charge in [-0.3, -0.25) is 0 Å². The first-order chi connectivity index (χ1) is 6.90. The van der Waals surface area contributed by atoms with E-state index in [4.69, 9.17) is 9.79 Å². The van der Waals surface area contributed by atoms with Crippen LogP contribution in [0.1, 0.15) is 0 Å². The van der Waals surface area contributed by atoms with Crippen LogP contribution >= 0.6 is 7.82 Å². The molecule has 16 heavy (non-hydrogen) atoms. The van der Waals surface area contributed by atoms with Gasteiger partial charge in [0.05, 0.1) is 0 Å². The fraction of sp³-hybridized carbons (Fsp3) is 0.600. The normalized spacial score (nSPS) is 16.3. The zero-order valence-electron chi connectivity index (χ0n) is 7.42. The molecule has 0 aliphatic carbocycles.